The molecule has 2 aliphatic carbocycles. The first-order chi connectivity index (χ1) is 9.81. The van der Waals surface area contributed by atoms with E-state index in [0.29, 0.717) is 12.5 Å². The van der Waals surface area contributed by atoms with Crippen molar-refractivity contribution in [2.45, 2.75) is 89.4 Å². The Bertz CT molecular complexity index is 352. The topological polar surface area (TPSA) is 55.8 Å². The molecular formula is C17H30O4. The van der Waals surface area contributed by atoms with E-state index in [2.05, 4.69) is 0 Å². The molecule has 0 heterocycles. The number of esters is 1. The summed E-state index contributed by atoms with van der Waals surface area (Å²) in [6.07, 6.45) is 7.19. The van der Waals surface area contributed by atoms with Crippen LogP contribution in [0.25, 0.3) is 0 Å². The smallest absolute Gasteiger partial charge is 0.338 e. The molecule has 0 saturated heterocycles. The number of hydrogen-bond acceptors (Lipinski definition) is 4. The third kappa shape index (κ3) is 4.68. The first-order valence-electron chi connectivity index (χ1n) is 8.36. The van der Waals surface area contributed by atoms with Gasteiger partial charge in [0.15, 0.2) is 5.60 Å². The molecule has 2 atom stereocenters. The highest BCUT2D eigenvalue weighted by Gasteiger charge is 2.45. The normalized spacial score (nSPS) is 29.3. The van der Waals surface area contributed by atoms with Crippen LogP contribution in [0.2, 0.25) is 0 Å². The second-order valence-corrected chi connectivity index (χ2v) is 7.70. The third-order valence-electron chi connectivity index (χ3n) is 4.53. The SMILES string of the molecule is CC(C)(C)OC(=O)C1(OC[C@H]2CCC[C@@H](O)C2)CCCC1. The molecule has 0 amide bonds. The fraction of sp³-hybridized carbons (Fsp3) is 0.941. The Morgan fingerprint density at radius 1 is 1.19 bits per heavy atom. The summed E-state index contributed by atoms with van der Waals surface area (Å²) in [5.41, 5.74) is -1.22. The van der Waals surface area contributed by atoms with Gasteiger partial charge >= 0.3 is 5.97 Å². The van der Waals surface area contributed by atoms with Crippen molar-refractivity contribution in [3.05, 3.63) is 0 Å². The van der Waals surface area contributed by atoms with Crippen LogP contribution in [0.3, 0.4) is 0 Å². The number of rotatable bonds is 4. The van der Waals surface area contributed by atoms with Crippen molar-refractivity contribution in [2.24, 2.45) is 5.92 Å². The largest absolute Gasteiger partial charge is 0.458 e. The molecule has 4 nitrogen and oxygen atoms in total. The van der Waals surface area contributed by atoms with Gasteiger partial charge in [0.1, 0.15) is 5.60 Å². The van der Waals surface area contributed by atoms with Gasteiger partial charge in [0.05, 0.1) is 12.7 Å². The lowest BCUT2D eigenvalue weighted by Gasteiger charge is -2.34. The quantitative estimate of drug-likeness (QED) is 0.810. The first-order valence-corrected chi connectivity index (χ1v) is 8.36. The summed E-state index contributed by atoms with van der Waals surface area (Å²) in [4.78, 5) is 12.5. The van der Waals surface area contributed by atoms with E-state index in [-0.39, 0.29) is 12.1 Å². The lowest BCUT2D eigenvalue weighted by molar-refractivity contribution is -0.185. The highest BCUT2D eigenvalue weighted by atomic mass is 16.6. The molecule has 0 radical (unpaired) electrons. The Morgan fingerprint density at radius 2 is 1.86 bits per heavy atom. The van der Waals surface area contributed by atoms with Crippen molar-refractivity contribution in [2.75, 3.05) is 6.61 Å². The second-order valence-electron chi connectivity index (χ2n) is 7.70. The van der Waals surface area contributed by atoms with E-state index >= 15 is 0 Å². The van der Waals surface area contributed by atoms with E-state index in [1.165, 1.54) is 0 Å². The fourth-order valence-corrected chi connectivity index (χ4v) is 3.42. The van der Waals surface area contributed by atoms with E-state index in [0.717, 1.165) is 51.4 Å². The average molecular weight is 298 g/mol. The van der Waals surface area contributed by atoms with Gasteiger partial charge in [0.25, 0.3) is 0 Å². The Hall–Kier alpha value is -0.610. The Morgan fingerprint density at radius 3 is 2.43 bits per heavy atom. The maximum atomic E-state index is 12.5. The zero-order chi connectivity index (χ0) is 15.5. The highest BCUT2D eigenvalue weighted by Crippen LogP contribution is 2.37. The molecule has 0 bridgehead atoms. The molecule has 0 unspecified atom stereocenters. The molecule has 2 fully saturated rings. The lowest BCUT2D eigenvalue weighted by atomic mass is 9.87. The van der Waals surface area contributed by atoms with Crippen molar-refractivity contribution >= 4 is 5.97 Å². The van der Waals surface area contributed by atoms with E-state index in [4.69, 9.17) is 9.47 Å². The van der Waals surface area contributed by atoms with Crippen LogP contribution in [-0.2, 0) is 14.3 Å². The monoisotopic (exact) mass is 298 g/mol. The molecule has 0 aromatic rings. The van der Waals surface area contributed by atoms with Gasteiger partial charge in [-0.15, -0.1) is 0 Å². The maximum Gasteiger partial charge on any atom is 0.338 e. The van der Waals surface area contributed by atoms with E-state index in [1.807, 2.05) is 20.8 Å². The minimum absolute atomic E-state index is 0.201. The minimum Gasteiger partial charge on any atom is -0.458 e. The minimum atomic E-state index is -0.740. The summed E-state index contributed by atoms with van der Waals surface area (Å²) in [6, 6.07) is 0. The number of hydrogen-bond donors (Lipinski definition) is 1. The summed E-state index contributed by atoms with van der Waals surface area (Å²) >= 11 is 0. The zero-order valence-electron chi connectivity index (χ0n) is 13.7. The summed E-state index contributed by atoms with van der Waals surface area (Å²) in [5, 5.41) is 9.75. The van der Waals surface area contributed by atoms with Gasteiger partial charge in [0.2, 0.25) is 0 Å². The van der Waals surface area contributed by atoms with Crippen LogP contribution in [0, 0.1) is 5.92 Å². The van der Waals surface area contributed by atoms with E-state index < -0.39 is 11.2 Å². The lowest BCUT2D eigenvalue weighted by Crippen LogP contribution is -2.44. The van der Waals surface area contributed by atoms with E-state index in [9.17, 15) is 9.90 Å². The Labute approximate surface area is 128 Å². The molecule has 21 heavy (non-hydrogen) atoms. The number of carbonyl (C=O) groups is 1. The van der Waals surface area contributed by atoms with Crippen molar-refractivity contribution in [3.8, 4) is 0 Å². The van der Waals surface area contributed by atoms with Gasteiger partial charge in [-0.05, 0) is 71.6 Å². The number of carbonyl (C=O) groups excluding carboxylic acids is 1. The van der Waals surface area contributed by atoms with Crippen LogP contribution in [0.1, 0.15) is 72.1 Å². The second kappa shape index (κ2) is 6.66. The van der Waals surface area contributed by atoms with Crippen LogP contribution in [0.15, 0.2) is 0 Å². The van der Waals surface area contributed by atoms with Crippen LogP contribution < -0.4 is 0 Å². The third-order valence-corrected chi connectivity index (χ3v) is 4.53. The molecule has 0 aliphatic heterocycles. The van der Waals surface area contributed by atoms with Crippen LogP contribution >= 0.6 is 0 Å². The Balaban J connectivity index is 1.93. The van der Waals surface area contributed by atoms with Crippen LogP contribution in [0.5, 0.6) is 0 Å². The van der Waals surface area contributed by atoms with Crippen molar-refractivity contribution in [1.29, 1.82) is 0 Å². The standard InChI is InChI=1S/C17H30O4/c1-16(2,3)21-15(19)17(9-4-5-10-17)20-12-13-7-6-8-14(18)11-13/h13-14,18H,4-12H2,1-3H3/t13-,14+/m0/s1. The van der Waals surface area contributed by atoms with Gasteiger partial charge in [-0.1, -0.05) is 6.42 Å². The summed E-state index contributed by atoms with van der Waals surface area (Å²) in [5.74, 6) is 0.164. The van der Waals surface area contributed by atoms with Crippen LogP contribution in [0.4, 0.5) is 0 Å². The predicted molar refractivity (Wildman–Crippen MR) is 81.0 cm³/mol. The van der Waals surface area contributed by atoms with Gasteiger partial charge in [-0.2, -0.15) is 0 Å². The molecule has 0 spiro atoms. The predicted octanol–water partition coefficient (Wildman–Crippen LogP) is 3.21. The molecule has 1 N–H and O–H groups in total. The molecule has 2 rings (SSSR count). The van der Waals surface area contributed by atoms with Crippen LogP contribution in [-0.4, -0.2) is 35.0 Å². The molecule has 0 aromatic heterocycles. The molecule has 0 aromatic carbocycles. The van der Waals surface area contributed by atoms with Gasteiger partial charge in [-0.3, -0.25) is 0 Å². The maximum absolute atomic E-state index is 12.5. The van der Waals surface area contributed by atoms with E-state index in [1.54, 1.807) is 0 Å². The first kappa shape index (κ1) is 16.8. The zero-order valence-corrected chi connectivity index (χ0v) is 13.7. The highest BCUT2D eigenvalue weighted by molar-refractivity contribution is 5.80. The molecule has 2 aliphatic rings. The molecule has 122 valence electrons. The molecule has 4 heteroatoms. The number of aliphatic hydroxyl groups excluding tert-OH is 1. The summed E-state index contributed by atoms with van der Waals surface area (Å²) in [6.45, 7) is 6.25. The van der Waals surface area contributed by atoms with Crippen molar-refractivity contribution < 1.29 is 19.4 Å². The Kier molecular flexibility index (Phi) is 5.31. The number of ether oxygens (including phenoxy) is 2. The molecule has 2 saturated carbocycles. The fourth-order valence-electron chi connectivity index (χ4n) is 3.42. The van der Waals surface area contributed by atoms with Gasteiger partial charge in [-0.25, -0.2) is 4.79 Å². The average Bonchev–Trinajstić information content (AvgIpc) is 2.84. The summed E-state index contributed by atoms with van der Waals surface area (Å²) in [7, 11) is 0. The van der Waals surface area contributed by atoms with Crippen molar-refractivity contribution in [3.63, 3.8) is 0 Å². The van der Waals surface area contributed by atoms with Crippen molar-refractivity contribution in [1.82, 2.24) is 0 Å². The molecular weight excluding hydrogens is 268 g/mol. The number of aliphatic hydroxyl groups is 1. The summed E-state index contributed by atoms with van der Waals surface area (Å²) < 4.78 is 11.7. The van der Waals surface area contributed by atoms with Gasteiger partial charge in [0, 0.05) is 0 Å². The van der Waals surface area contributed by atoms with Gasteiger partial charge < -0.3 is 14.6 Å².